The highest BCUT2D eigenvalue weighted by molar-refractivity contribution is 5.70. The van der Waals surface area contributed by atoms with Gasteiger partial charge in [-0.05, 0) is 18.1 Å². The van der Waals surface area contributed by atoms with E-state index in [1.165, 1.54) is 7.11 Å². The van der Waals surface area contributed by atoms with Gasteiger partial charge in [-0.1, -0.05) is 30.3 Å². The van der Waals surface area contributed by atoms with Gasteiger partial charge in [-0.25, -0.2) is 0 Å². The molecule has 94 valence electrons. The molecule has 0 bridgehead atoms. The van der Waals surface area contributed by atoms with E-state index in [1.807, 2.05) is 48.1 Å². The van der Waals surface area contributed by atoms with Gasteiger partial charge in [0.05, 0.1) is 25.8 Å². The van der Waals surface area contributed by atoms with Crippen molar-refractivity contribution in [1.29, 1.82) is 0 Å². The topological polar surface area (TPSA) is 44.1 Å². The van der Waals surface area contributed by atoms with Crippen molar-refractivity contribution in [3.63, 3.8) is 0 Å². The first-order valence-electron chi connectivity index (χ1n) is 5.83. The number of carbonyl (C=O) groups is 1. The quantitative estimate of drug-likeness (QED) is 0.775. The smallest absolute Gasteiger partial charge is 0.308 e. The van der Waals surface area contributed by atoms with Crippen molar-refractivity contribution in [2.24, 2.45) is 0 Å². The molecule has 1 unspecified atom stereocenters. The number of hydrogen-bond acceptors (Lipinski definition) is 3. The Balaban J connectivity index is 2.32. The van der Waals surface area contributed by atoms with Crippen molar-refractivity contribution in [1.82, 2.24) is 9.78 Å². The van der Waals surface area contributed by atoms with Gasteiger partial charge in [0, 0.05) is 6.20 Å². The van der Waals surface area contributed by atoms with Gasteiger partial charge >= 0.3 is 5.97 Å². The molecule has 4 nitrogen and oxygen atoms in total. The van der Waals surface area contributed by atoms with Gasteiger partial charge in [0.1, 0.15) is 0 Å². The summed E-state index contributed by atoms with van der Waals surface area (Å²) in [6, 6.07) is 9.72. The maximum absolute atomic E-state index is 11.5. The molecule has 0 aliphatic carbocycles. The molecule has 0 fully saturated rings. The Bertz CT molecular complexity index is 520. The van der Waals surface area contributed by atoms with Gasteiger partial charge in [0.25, 0.3) is 0 Å². The largest absolute Gasteiger partial charge is 0.469 e. The third kappa shape index (κ3) is 2.77. The second-order valence-corrected chi connectivity index (χ2v) is 4.20. The highest BCUT2D eigenvalue weighted by Gasteiger charge is 2.18. The van der Waals surface area contributed by atoms with Crippen molar-refractivity contribution in [3.8, 4) is 0 Å². The molecule has 1 aromatic heterocycles. The third-order valence-corrected chi connectivity index (χ3v) is 2.82. The van der Waals surface area contributed by atoms with Crippen LogP contribution in [-0.4, -0.2) is 22.9 Å². The summed E-state index contributed by atoms with van der Waals surface area (Å²) in [5.41, 5.74) is 2.12. The van der Waals surface area contributed by atoms with E-state index in [9.17, 15) is 4.79 Å². The molecule has 0 N–H and O–H groups in total. The van der Waals surface area contributed by atoms with Crippen molar-refractivity contribution in [2.45, 2.75) is 19.4 Å². The van der Waals surface area contributed by atoms with E-state index in [-0.39, 0.29) is 18.4 Å². The second-order valence-electron chi connectivity index (χ2n) is 4.20. The van der Waals surface area contributed by atoms with Gasteiger partial charge < -0.3 is 4.74 Å². The molecule has 1 heterocycles. The minimum Gasteiger partial charge on any atom is -0.469 e. The summed E-state index contributed by atoms with van der Waals surface area (Å²) < 4.78 is 6.56. The van der Waals surface area contributed by atoms with Crippen molar-refractivity contribution in [2.75, 3.05) is 7.11 Å². The highest BCUT2D eigenvalue weighted by Crippen LogP contribution is 2.22. The molecular weight excluding hydrogens is 228 g/mol. The first-order chi connectivity index (χ1) is 8.70. The van der Waals surface area contributed by atoms with E-state index in [2.05, 4.69) is 5.10 Å². The van der Waals surface area contributed by atoms with Gasteiger partial charge in [0.15, 0.2) is 0 Å². The minimum atomic E-state index is -0.239. The molecule has 0 aliphatic heterocycles. The predicted molar refractivity (Wildman–Crippen MR) is 68.2 cm³/mol. The van der Waals surface area contributed by atoms with E-state index < -0.39 is 0 Å². The van der Waals surface area contributed by atoms with Crippen LogP contribution < -0.4 is 0 Å². The number of hydrogen-bond donors (Lipinski definition) is 0. The first-order valence-corrected chi connectivity index (χ1v) is 5.83. The molecular formula is C14H16N2O2. The average Bonchev–Trinajstić information content (AvgIpc) is 2.83. The SMILES string of the molecule is COC(=O)CC(c1ccccc1)n1cc(C)cn1. The van der Waals surface area contributed by atoms with Gasteiger partial charge in [-0.15, -0.1) is 0 Å². The number of aromatic nitrogens is 2. The lowest BCUT2D eigenvalue weighted by Crippen LogP contribution is -2.16. The molecule has 0 saturated carbocycles. The molecule has 4 heteroatoms. The summed E-state index contributed by atoms with van der Waals surface area (Å²) in [5, 5.41) is 4.29. The Morgan fingerprint density at radius 3 is 2.67 bits per heavy atom. The maximum Gasteiger partial charge on any atom is 0.308 e. The number of nitrogens with zero attached hydrogens (tertiary/aromatic N) is 2. The molecule has 0 amide bonds. The molecule has 0 radical (unpaired) electrons. The second kappa shape index (κ2) is 5.49. The van der Waals surface area contributed by atoms with Crippen LogP contribution in [0.3, 0.4) is 0 Å². The molecule has 2 rings (SSSR count). The summed E-state index contributed by atoms with van der Waals surface area (Å²) in [5.74, 6) is -0.239. The number of esters is 1. The van der Waals surface area contributed by atoms with Crippen molar-refractivity contribution in [3.05, 3.63) is 53.9 Å². The van der Waals surface area contributed by atoms with E-state index in [0.29, 0.717) is 0 Å². The van der Waals surface area contributed by atoms with Crippen LogP contribution in [0.25, 0.3) is 0 Å². The average molecular weight is 244 g/mol. The van der Waals surface area contributed by atoms with Crippen LogP contribution in [0.4, 0.5) is 0 Å². The zero-order valence-electron chi connectivity index (χ0n) is 10.5. The Labute approximate surface area is 106 Å². The van der Waals surface area contributed by atoms with Crippen molar-refractivity contribution >= 4 is 5.97 Å². The molecule has 0 saturated heterocycles. The van der Waals surface area contributed by atoms with Crippen LogP contribution in [0.2, 0.25) is 0 Å². The number of ether oxygens (including phenoxy) is 1. The van der Waals surface area contributed by atoms with Crippen LogP contribution in [-0.2, 0) is 9.53 Å². The fourth-order valence-electron chi connectivity index (χ4n) is 1.88. The van der Waals surface area contributed by atoms with Gasteiger partial charge in [0.2, 0.25) is 0 Å². The van der Waals surface area contributed by atoms with Crippen LogP contribution in [0.5, 0.6) is 0 Å². The van der Waals surface area contributed by atoms with E-state index >= 15 is 0 Å². The summed E-state index contributed by atoms with van der Waals surface area (Å²) in [6.07, 6.45) is 4.00. The molecule has 2 aromatic rings. The summed E-state index contributed by atoms with van der Waals surface area (Å²) >= 11 is 0. The van der Waals surface area contributed by atoms with Gasteiger partial charge in [-0.2, -0.15) is 5.10 Å². The van der Waals surface area contributed by atoms with Crippen LogP contribution in [0.15, 0.2) is 42.7 Å². The molecule has 1 atom stereocenters. The predicted octanol–water partition coefficient (Wildman–Crippen LogP) is 2.34. The van der Waals surface area contributed by atoms with Crippen LogP contribution in [0, 0.1) is 6.92 Å². The standard InChI is InChI=1S/C14H16N2O2/c1-11-9-15-16(10-11)13(8-14(17)18-2)12-6-4-3-5-7-12/h3-7,9-10,13H,8H2,1-2H3. The van der Waals surface area contributed by atoms with Crippen molar-refractivity contribution < 1.29 is 9.53 Å². The molecule has 0 spiro atoms. The number of rotatable bonds is 4. The normalized spacial score (nSPS) is 12.1. The summed E-state index contributed by atoms with van der Waals surface area (Å²) in [6.45, 7) is 1.98. The fourth-order valence-corrected chi connectivity index (χ4v) is 1.88. The minimum absolute atomic E-state index is 0.118. The van der Waals surface area contributed by atoms with Gasteiger partial charge in [-0.3, -0.25) is 9.48 Å². The maximum atomic E-state index is 11.5. The zero-order valence-corrected chi connectivity index (χ0v) is 10.5. The number of aryl methyl sites for hydroxylation is 1. The fraction of sp³-hybridized carbons (Fsp3) is 0.286. The Kier molecular flexibility index (Phi) is 3.77. The molecule has 0 aliphatic rings. The van der Waals surface area contributed by atoms with E-state index in [4.69, 9.17) is 4.74 Å². The highest BCUT2D eigenvalue weighted by atomic mass is 16.5. The summed E-state index contributed by atoms with van der Waals surface area (Å²) in [4.78, 5) is 11.5. The van der Waals surface area contributed by atoms with Crippen LogP contribution in [0.1, 0.15) is 23.6 Å². The van der Waals surface area contributed by atoms with E-state index in [1.54, 1.807) is 6.20 Å². The first kappa shape index (κ1) is 12.4. The third-order valence-electron chi connectivity index (χ3n) is 2.82. The van der Waals surface area contributed by atoms with Crippen LogP contribution >= 0.6 is 0 Å². The molecule has 18 heavy (non-hydrogen) atoms. The summed E-state index contributed by atoms with van der Waals surface area (Å²) in [7, 11) is 1.40. The lowest BCUT2D eigenvalue weighted by molar-refractivity contribution is -0.141. The Morgan fingerprint density at radius 2 is 2.11 bits per heavy atom. The monoisotopic (exact) mass is 244 g/mol. The number of methoxy groups -OCH3 is 1. The van der Waals surface area contributed by atoms with E-state index in [0.717, 1.165) is 11.1 Å². The lowest BCUT2D eigenvalue weighted by atomic mass is 10.0. The zero-order chi connectivity index (χ0) is 13.0. The molecule has 1 aromatic carbocycles. The lowest BCUT2D eigenvalue weighted by Gasteiger charge is -2.16. The number of carbonyl (C=O) groups excluding carboxylic acids is 1. The Morgan fingerprint density at radius 1 is 1.39 bits per heavy atom. The number of benzene rings is 1. The Hall–Kier alpha value is -2.10.